The van der Waals surface area contributed by atoms with Gasteiger partial charge in [0.25, 0.3) is 5.56 Å². The van der Waals surface area contributed by atoms with Crippen LogP contribution in [-0.4, -0.2) is 31.9 Å². The second-order valence-electron chi connectivity index (χ2n) is 4.49. The van der Waals surface area contributed by atoms with Gasteiger partial charge in [-0.1, -0.05) is 24.2 Å². The third-order valence-electron chi connectivity index (χ3n) is 3.21. The predicted molar refractivity (Wildman–Crippen MR) is 69.0 cm³/mol. The van der Waals surface area contributed by atoms with Crippen LogP contribution in [0.5, 0.6) is 0 Å². The van der Waals surface area contributed by atoms with Crippen LogP contribution in [0.4, 0.5) is 5.13 Å². The Kier molecular flexibility index (Phi) is 3.00. The molecule has 18 heavy (non-hydrogen) atoms. The van der Waals surface area contributed by atoms with Crippen molar-refractivity contribution in [2.45, 2.75) is 37.8 Å². The highest BCUT2D eigenvalue weighted by molar-refractivity contribution is 7.20. The van der Waals surface area contributed by atoms with Crippen LogP contribution in [0.1, 0.15) is 25.7 Å². The Balaban J connectivity index is 1.86. The second kappa shape index (κ2) is 4.66. The lowest BCUT2D eigenvalue weighted by Crippen LogP contribution is -2.36. The van der Waals surface area contributed by atoms with Gasteiger partial charge in [-0.15, -0.1) is 5.10 Å². The van der Waals surface area contributed by atoms with E-state index in [0.29, 0.717) is 10.1 Å². The summed E-state index contributed by atoms with van der Waals surface area (Å²) < 4.78 is 1.28. The van der Waals surface area contributed by atoms with Crippen molar-refractivity contribution < 1.29 is 5.11 Å². The molecule has 6 nitrogen and oxygen atoms in total. The predicted octanol–water partition coefficient (Wildman–Crippen LogP) is 0.866. The van der Waals surface area contributed by atoms with Gasteiger partial charge in [0.2, 0.25) is 10.1 Å². The third kappa shape index (κ3) is 2.11. The largest absolute Gasteiger partial charge is 0.391 e. The van der Waals surface area contributed by atoms with E-state index in [1.165, 1.54) is 28.1 Å². The van der Waals surface area contributed by atoms with E-state index in [-0.39, 0.29) is 17.7 Å². The lowest BCUT2D eigenvalue weighted by molar-refractivity contribution is 0.116. The molecule has 7 heteroatoms. The van der Waals surface area contributed by atoms with Crippen LogP contribution in [-0.2, 0) is 0 Å². The number of nitrogens with zero attached hydrogens (tertiary/aromatic N) is 3. The molecule has 0 spiro atoms. The highest BCUT2D eigenvalue weighted by Crippen LogP contribution is 2.24. The van der Waals surface area contributed by atoms with Crippen molar-refractivity contribution in [2.24, 2.45) is 0 Å². The summed E-state index contributed by atoms with van der Waals surface area (Å²) in [6, 6.07) is 1.40. The number of aliphatic hydroxyl groups is 1. The summed E-state index contributed by atoms with van der Waals surface area (Å²) in [6.45, 7) is 0. The lowest BCUT2D eigenvalue weighted by atomic mass is 9.93. The summed E-state index contributed by atoms with van der Waals surface area (Å²) in [6.07, 6.45) is 5.07. The summed E-state index contributed by atoms with van der Waals surface area (Å²) in [4.78, 5) is 16.2. The van der Waals surface area contributed by atoms with Crippen molar-refractivity contribution >= 4 is 21.4 Å². The Bertz CT molecular complexity index is 608. The number of anilines is 1. The smallest absolute Gasteiger partial charge is 0.275 e. The molecular formula is C11H14N4O2S. The van der Waals surface area contributed by atoms with Gasteiger partial charge >= 0.3 is 0 Å². The molecule has 0 aliphatic heterocycles. The fourth-order valence-corrected chi connectivity index (χ4v) is 3.08. The topological polar surface area (TPSA) is 79.5 Å². The van der Waals surface area contributed by atoms with Crippen molar-refractivity contribution in [1.29, 1.82) is 0 Å². The van der Waals surface area contributed by atoms with Crippen LogP contribution in [0.15, 0.2) is 17.1 Å². The van der Waals surface area contributed by atoms with Crippen molar-refractivity contribution in [2.75, 3.05) is 5.32 Å². The molecule has 1 fully saturated rings. The molecule has 0 bridgehead atoms. The maximum atomic E-state index is 11.5. The van der Waals surface area contributed by atoms with Crippen LogP contribution >= 0.6 is 11.3 Å². The van der Waals surface area contributed by atoms with Gasteiger partial charge in [0.05, 0.1) is 12.1 Å². The Morgan fingerprint density at radius 1 is 1.44 bits per heavy atom. The monoisotopic (exact) mass is 266 g/mol. The highest BCUT2D eigenvalue weighted by Gasteiger charge is 2.23. The zero-order chi connectivity index (χ0) is 12.5. The minimum Gasteiger partial charge on any atom is -0.391 e. The lowest BCUT2D eigenvalue weighted by Gasteiger charge is -2.27. The van der Waals surface area contributed by atoms with Gasteiger partial charge in [0.15, 0.2) is 0 Å². The molecule has 0 radical (unpaired) electrons. The molecule has 2 atom stereocenters. The normalized spacial score (nSPS) is 24.3. The zero-order valence-electron chi connectivity index (χ0n) is 9.74. The Hall–Kier alpha value is -1.47. The van der Waals surface area contributed by atoms with Gasteiger partial charge in [-0.2, -0.15) is 4.52 Å². The van der Waals surface area contributed by atoms with Crippen LogP contribution < -0.4 is 10.9 Å². The molecule has 0 unspecified atom stereocenters. The number of hydrogen-bond acceptors (Lipinski definition) is 6. The average molecular weight is 266 g/mol. The number of nitrogens with one attached hydrogen (secondary N) is 1. The van der Waals surface area contributed by atoms with Crippen molar-refractivity contribution in [3.8, 4) is 0 Å². The SMILES string of the molecule is O=c1ccnc2sc(N[C@H]3CCCC[C@@H]3O)nn12. The fourth-order valence-electron chi connectivity index (χ4n) is 2.24. The van der Waals surface area contributed by atoms with Gasteiger partial charge in [0, 0.05) is 12.3 Å². The van der Waals surface area contributed by atoms with E-state index in [0.717, 1.165) is 25.7 Å². The molecule has 2 N–H and O–H groups in total. The number of aromatic nitrogens is 3. The Morgan fingerprint density at radius 3 is 3.06 bits per heavy atom. The summed E-state index contributed by atoms with van der Waals surface area (Å²) in [5.74, 6) is 0. The summed E-state index contributed by atoms with van der Waals surface area (Å²) >= 11 is 1.33. The molecule has 1 aliphatic carbocycles. The summed E-state index contributed by atoms with van der Waals surface area (Å²) in [7, 11) is 0. The van der Waals surface area contributed by atoms with Gasteiger partial charge in [-0.3, -0.25) is 4.79 Å². The first kappa shape index (κ1) is 11.6. The number of hydrogen-bond donors (Lipinski definition) is 2. The van der Waals surface area contributed by atoms with Gasteiger partial charge < -0.3 is 10.4 Å². The number of rotatable bonds is 2. The van der Waals surface area contributed by atoms with Crippen LogP contribution in [0.2, 0.25) is 0 Å². The molecule has 0 saturated heterocycles. The van der Waals surface area contributed by atoms with E-state index in [9.17, 15) is 9.90 Å². The standard InChI is InChI=1S/C11H14N4O2S/c16-8-4-2-1-3-7(8)13-10-14-15-9(17)5-6-12-11(15)18-10/h5-8,16H,1-4H2,(H,13,14)/t7-,8-/m0/s1. The molecule has 3 rings (SSSR count). The van der Waals surface area contributed by atoms with Gasteiger partial charge in [0.1, 0.15) is 0 Å². The van der Waals surface area contributed by atoms with Gasteiger partial charge in [-0.25, -0.2) is 4.98 Å². The van der Waals surface area contributed by atoms with Crippen molar-refractivity contribution in [3.63, 3.8) is 0 Å². The maximum absolute atomic E-state index is 11.5. The Labute approximate surface area is 107 Å². The van der Waals surface area contributed by atoms with Crippen LogP contribution in [0.3, 0.4) is 0 Å². The minimum atomic E-state index is -0.338. The van der Waals surface area contributed by atoms with E-state index in [1.807, 2.05) is 0 Å². The van der Waals surface area contributed by atoms with E-state index in [2.05, 4.69) is 15.4 Å². The minimum absolute atomic E-state index is 0.0232. The Morgan fingerprint density at radius 2 is 2.28 bits per heavy atom. The second-order valence-corrected chi connectivity index (χ2v) is 5.44. The van der Waals surface area contributed by atoms with E-state index >= 15 is 0 Å². The summed E-state index contributed by atoms with van der Waals surface area (Å²) in [5.41, 5.74) is -0.187. The van der Waals surface area contributed by atoms with Crippen molar-refractivity contribution in [1.82, 2.24) is 14.6 Å². The first-order valence-electron chi connectivity index (χ1n) is 6.03. The third-order valence-corrected chi connectivity index (χ3v) is 4.06. The molecule has 1 saturated carbocycles. The number of fused-ring (bicyclic) bond motifs is 1. The van der Waals surface area contributed by atoms with Crippen molar-refractivity contribution in [3.05, 3.63) is 22.6 Å². The fraction of sp³-hybridized carbons (Fsp3) is 0.545. The van der Waals surface area contributed by atoms with E-state index in [1.54, 1.807) is 0 Å². The highest BCUT2D eigenvalue weighted by atomic mass is 32.1. The number of aliphatic hydroxyl groups excluding tert-OH is 1. The summed E-state index contributed by atoms with van der Waals surface area (Å²) in [5, 5.41) is 17.9. The van der Waals surface area contributed by atoms with Gasteiger partial charge in [-0.05, 0) is 12.8 Å². The van der Waals surface area contributed by atoms with Crippen LogP contribution in [0.25, 0.3) is 4.96 Å². The molecule has 2 heterocycles. The molecule has 1 aliphatic rings. The van der Waals surface area contributed by atoms with E-state index < -0.39 is 0 Å². The first-order valence-corrected chi connectivity index (χ1v) is 6.85. The average Bonchev–Trinajstić information content (AvgIpc) is 2.76. The molecule has 96 valence electrons. The molecule has 2 aromatic rings. The zero-order valence-corrected chi connectivity index (χ0v) is 10.6. The first-order chi connectivity index (χ1) is 8.74. The quantitative estimate of drug-likeness (QED) is 0.843. The van der Waals surface area contributed by atoms with Crippen LogP contribution in [0, 0.1) is 0 Å². The molecular weight excluding hydrogens is 252 g/mol. The molecule has 2 aromatic heterocycles. The molecule has 0 aromatic carbocycles. The maximum Gasteiger partial charge on any atom is 0.275 e. The molecule has 0 amide bonds. The van der Waals surface area contributed by atoms with E-state index in [4.69, 9.17) is 0 Å².